The molecule has 50 heavy (non-hydrogen) atoms. The number of benzene rings is 2. The quantitative estimate of drug-likeness (QED) is 0.107. The summed E-state index contributed by atoms with van der Waals surface area (Å²) in [5.41, 5.74) is 1.21. The van der Waals surface area contributed by atoms with Crippen LogP contribution in [0.15, 0.2) is 60.9 Å². The van der Waals surface area contributed by atoms with Gasteiger partial charge in [0.15, 0.2) is 11.4 Å². The van der Waals surface area contributed by atoms with Crippen molar-refractivity contribution in [1.82, 2.24) is 19.6 Å². The Morgan fingerprint density at radius 3 is 1.52 bits per heavy atom. The number of phenols is 2. The average Bonchev–Trinajstić information content (AvgIpc) is 3.83. The van der Waals surface area contributed by atoms with Crippen molar-refractivity contribution in [1.29, 1.82) is 0 Å². The van der Waals surface area contributed by atoms with Crippen LogP contribution in [0.3, 0.4) is 0 Å². The van der Waals surface area contributed by atoms with Crippen molar-refractivity contribution in [2.24, 2.45) is 0 Å². The molecule has 0 amide bonds. The van der Waals surface area contributed by atoms with Gasteiger partial charge >= 0.3 is 11.9 Å². The zero-order valence-corrected chi connectivity index (χ0v) is 28.6. The maximum absolute atomic E-state index is 11.4. The molecule has 0 radical (unpaired) electrons. The van der Waals surface area contributed by atoms with Gasteiger partial charge in [-0.05, 0) is 36.4 Å². The molecule has 0 fully saturated rings. The van der Waals surface area contributed by atoms with E-state index in [4.69, 9.17) is 28.8 Å². The van der Waals surface area contributed by atoms with Gasteiger partial charge in [0.1, 0.15) is 41.0 Å². The fourth-order valence-corrected chi connectivity index (χ4v) is 3.73. The van der Waals surface area contributed by atoms with Crippen molar-refractivity contribution in [2.45, 2.75) is 0 Å². The van der Waals surface area contributed by atoms with E-state index in [9.17, 15) is 19.8 Å². The molecule has 17 nitrogen and oxygen atoms in total. The Morgan fingerprint density at radius 2 is 1.08 bits per heavy atom. The molecule has 2 aromatic heterocycles. The zero-order chi connectivity index (χ0) is 36.7. The van der Waals surface area contributed by atoms with Crippen LogP contribution in [0, 0.1) is 0 Å². The SMILES string of the molecule is COC(=O)c1ccn(-c2ccc(OC)cc2O)n1.COCCOCCO.COCCOCCOc1ccc(-n2ccc(C(=O)OC)n2)c(O)c1. The van der Waals surface area contributed by atoms with E-state index in [0.29, 0.717) is 69.1 Å². The van der Waals surface area contributed by atoms with Crippen LogP contribution in [0.4, 0.5) is 0 Å². The zero-order valence-electron chi connectivity index (χ0n) is 28.6. The Hall–Kier alpha value is -5.20. The first-order valence-corrected chi connectivity index (χ1v) is 15.1. The number of carbonyl (C=O) groups is 2. The molecule has 0 spiro atoms. The molecule has 3 N–H and O–H groups in total. The lowest BCUT2D eigenvalue weighted by Gasteiger charge is -2.09. The van der Waals surface area contributed by atoms with Crippen molar-refractivity contribution in [3.05, 3.63) is 72.3 Å². The highest BCUT2D eigenvalue weighted by Gasteiger charge is 2.13. The molecule has 274 valence electrons. The van der Waals surface area contributed by atoms with E-state index in [-0.39, 0.29) is 29.5 Å². The smallest absolute Gasteiger partial charge is 0.358 e. The molecule has 0 aliphatic heterocycles. The summed E-state index contributed by atoms with van der Waals surface area (Å²) < 4.78 is 42.1. The summed E-state index contributed by atoms with van der Waals surface area (Å²) in [6.07, 6.45) is 3.12. The molecule has 0 aliphatic rings. The number of aliphatic hydroxyl groups is 1. The molecule has 0 aliphatic carbocycles. The minimum absolute atomic E-state index is 0.00821. The van der Waals surface area contributed by atoms with Gasteiger partial charge in [0.25, 0.3) is 0 Å². The van der Waals surface area contributed by atoms with Gasteiger partial charge in [-0.1, -0.05) is 0 Å². The molecule has 0 unspecified atom stereocenters. The number of rotatable bonds is 17. The van der Waals surface area contributed by atoms with Crippen LogP contribution < -0.4 is 9.47 Å². The minimum atomic E-state index is -0.540. The molecular formula is C33H44N4O13. The van der Waals surface area contributed by atoms with Crippen LogP contribution in [0.5, 0.6) is 23.0 Å². The van der Waals surface area contributed by atoms with Crippen LogP contribution >= 0.6 is 0 Å². The highest BCUT2D eigenvalue weighted by molar-refractivity contribution is 5.87. The Labute approximate surface area is 289 Å². The van der Waals surface area contributed by atoms with E-state index in [2.05, 4.69) is 24.4 Å². The predicted molar refractivity (Wildman–Crippen MR) is 178 cm³/mol. The fourth-order valence-electron chi connectivity index (χ4n) is 3.73. The third-order valence-electron chi connectivity index (χ3n) is 6.19. The van der Waals surface area contributed by atoms with Crippen LogP contribution in [0.25, 0.3) is 11.4 Å². The van der Waals surface area contributed by atoms with Gasteiger partial charge in [-0.15, -0.1) is 0 Å². The number of esters is 2. The number of ether oxygens (including phenoxy) is 8. The van der Waals surface area contributed by atoms with Crippen molar-refractivity contribution in [2.75, 3.05) is 88.4 Å². The van der Waals surface area contributed by atoms with Crippen molar-refractivity contribution >= 4 is 11.9 Å². The summed E-state index contributed by atoms with van der Waals surface area (Å²) in [7, 11) is 7.30. The fraction of sp³-hybridized carbons (Fsp3) is 0.394. The summed E-state index contributed by atoms with van der Waals surface area (Å²) in [6, 6.07) is 12.6. The molecule has 0 atom stereocenters. The Morgan fingerprint density at radius 1 is 0.620 bits per heavy atom. The standard InChI is InChI=1S/C16H20N2O6.C12H12N2O4.C5H12O3/c1-21-7-8-23-9-10-24-12-3-4-14(15(19)11-12)18-6-5-13(17-18)16(20)22-2;1-17-8-3-4-10(11(15)7-8)14-6-5-9(13-14)12(16)18-2;1-7-4-5-8-3-2-6/h3-6,11,19H,7-10H2,1-2H3;3-7,15H,1-2H3;6H,2-5H2,1H3. The Bertz CT molecular complexity index is 1570. The lowest BCUT2D eigenvalue weighted by molar-refractivity contribution is 0.0500. The van der Waals surface area contributed by atoms with Crippen molar-refractivity contribution in [3.8, 4) is 34.4 Å². The molecular weight excluding hydrogens is 660 g/mol. The number of aliphatic hydroxyl groups excluding tert-OH is 1. The van der Waals surface area contributed by atoms with Gasteiger partial charge in [0.05, 0.1) is 67.6 Å². The molecule has 0 saturated heterocycles. The molecule has 17 heteroatoms. The molecule has 0 saturated carbocycles. The van der Waals surface area contributed by atoms with E-state index in [0.717, 1.165) is 0 Å². The maximum Gasteiger partial charge on any atom is 0.358 e. The van der Waals surface area contributed by atoms with Gasteiger partial charge in [-0.3, -0.25) is 0 Å². The van der Waals surface area contributed by atoms with Gasteiger partial charge in [-0.2, -0.15) is 10.2 Å². The Kier molecular flexibility index (Phi) is 19.0. The van der Waals surface area contributed by atoms with Gasteiger partial charge in [0, 0.05) is 38.7 Å². The second-order valence-corrected chi connectivity index (χ2v) is 9.56. The first-order chi connectivity index (χ1) is 24.2. The summed E-state index contributed by atoms with van der Waals surface area (Å²) >= 11 is 0. The number of hydrogen-bond acceptors (Lipinski definition) is 15. The van der Waals surface area contributed by atoms with Crippen molar-refractivity contribution < 1.29 is 62.8 Å². The van der Waals surface area contributed by atoms with E-state index in [1.807, 2.05) is 0 Å². The van der Waals surface area contributed by atoms with Crippen LogP contribution in [-0.4, -0.2) is 135 Å². The average molecular weight is 705 g/mol. The Balaban J connectivity index is 0.000000293. The van der Waals surface area contributed by atoms with E-state index in [1.54, 1.807) is 50.9 Å². The third kappa shape index (κ3) is 13.7. The first kappa shape index (κ1) is 41.0. The first-order valence-electron chi connectivity index (χ1n) is 15.1. The second-order valence-electron chi connectivity index (χ2n) is 9.56. The van der Waals surface area contributed by atoms with E-state index >= 15 is 0 Å². The van der Waals surface area contributed by atoms with Crippen LogP contribution in [-0.2, 0) is 28.4 Å². The number of carbonyl (C=O) groups excluding carboxylic acids is 2. The maximum atomic E-state index is 11.4. The van der Waals surface area contributed by atoms with Gasteiger partial charge < -0.3 is 53.2 Å². The van der Waals surface area contributed by atoms with Crippen LogP contribution in [0.2, 0.25) is 0 Å². The van der Waals surface area contributed by atoms with E-state index < -0.39 is 11.9 Å². The topological polar surface area (TPSA) is 204 Å². The number of hydrogen-bond donors (Lipinski definition) is 3. The number of aromatic nitrogens is 4. The number of methoxy groups -OCH3 is 5. The molecule has 4 rings (SSSR count). The number of aromatic hydroxyl groups is 2. The monoisotopic (exact) mass is 704 g/mol. The summed E-state index contributed by atoms with van der Waals surface area (Å²) in [6.45, 7) is 3.48. The predicted octanol–water partition coefficient (Wildman–Crippen LogP) is 2.42. The summed E-state index contributed by atoms with van der Waals surface area (Å²) in [5.74, 6) is -0.0341. The minimum Gasteiger partial charge on any atom is -0.506 e. The molecule has 2 aromatic carbocycles. The molecule has 4 aromatic rings. The third-order valence-corrected chi connectivity index (χ3v) is 6.19. The van der Waals surface area contributed by atoms with Gasteiger partial charge in [-0.25, -0.2) is 19.0 Å². The highest BCUT2D eigenvalue weighted by atomic mass is 16.5. The lowest BCUT2D eigenvalue weighted by atomic mass is 10.3. The van der Waals surface area contributed by atoms with E-state index in [1.165, 1.54) is 55.0 Å². The molecule has 2 heterocycles. The van der Waals surface area contributed by atoms with Crippen molar-refractivity contribution in [3.63, 3.8) is 0 Å². The normalized spacial score (nSPS) is 10.3. The second kappa shape index (κ2) is 23.2. The summed E-state index contributed by atoms with van der Waals surface area (Å²) in [4.78, 5) is 22.7. The van der Waals surface area contributed by atoms with Crippen LogP contribution in [0.1, 0.15) is 21.0 Å². The molecule has 0 bridgehead atoms. The number of phenolic OH excluding ortho intramolecular Hbond substituents is 2. The summed E-state index contributed by atoms with van der Waals surface area (Å²) in [5, 5.41) is 36.2. The lowest BCUT2D eigenvalue weighted by Crippen LogP contribution is -2.10. The highest BCUT2D eigenvalue weighted by Crippen LogP contribution is 2.27. The van der Waals surface area contributed by atoms with Gasteiger partial charge in [0.2, 0.25) is 0 Å². The largest absolute Gasteiger partial charge is 0.506 e. The number of nitrogens with zero attached hydrogens (tertiary/aromatic N) is 4.